The highest BCUT2D eigenvalue weighted by Crippen LogP contribution is 2.18. The largest absolute Gasteiger partial charge is 0.345 e. The minimum atomic E-state index is -0.120. The Hall–Kier alpha value is -2.57. The number of aryl methyl sites for hydroxylation is 1. The number of hydrogen-bond acceptors (Lipinski definition) is 3. The monoisotopic (exact) mass is 345 g/mol. The van der Waals surface area contributed by atoms with Crippen LogP contribution in [0.25, 0.3) is 11.0 Å². The van der Waals surface area contributed by atoms with E-state index in [1.165, 1.54) is 4.90 Å². The first-order valence-electron chi connectivity index (χ1n) is 8.43. The molecule has 0 aliphatic heterocycles. The summed E-state index contributed by atoms with van der Waals surface area (Å²) in [4.78, 5) is 32.1. The SMILES string of the molecule is CCC(C)NC(=O)N(C)Cc1nc2cc(C(=O)N(C)C)ccc2n1C. The van der Waals surface area contributed by atoms with Gasteiger partial charge in [0, 0.05) is 39.8 Å². The quantitative estimate of drug-likeness (QED) is 0.903. The molecule has 0 aliphatic carbocycles. The van der Waals surface area contributed by atoms with Crippen molar-refractivity contribution < 1.29 is 9.59 Å². The normalized spacial score (nSPS) is 12.1. The smallest absolute Gasteiger partial charge is 0.317 e. The second-order valence-corrected chi connectivity index (χ2v) is 6.60. The van der Waals surface area contributed by atoms with Crippen molar-refractivity contribution in [2.75, 3.05) is 21.1 Å². The van der Waals surface area contributed by atoms with Gasteiger partial charge < -0.3 is 19.7 Å². The summed E-state index contributed by atoms with van der Waals surface area (Å²) in [5.41, 5.74) is 2.28. The average Bonchev–Trinajstić information content (AvgIpc) is 2.89. The maximum atomic E-state index is 12.2. The standard InChI is InChI=1S/C18H27N5O2/c1-7-12(2)19-18(25)22(5)11-16-20-14-10-13(17(24)21(3)4)8-9-15(14)23(16)6/h8-10,12H,7,11H2,1-6H3,(H,19,25). The number of hydrogen-bond donors (Lipinski definition) is 1. The van der Waals surface area contributed by atoms with Gasteiger partial charge in [-0.05, 0) is 31.5 Å². The van der Waals surface area contributed by atoms with E-state index in [-0.39, 0.29) is 18.0 Å². The molecule has 0 fully saturated rings. The Morgan fingerprint density at radius 1 is 1.28 bits per heavy atom. The second kappa shape index (κ2) is 7.55. The molecule has 1 unspecified atom stereocenters. The number of urea groups is 1. The molecule has 1 aromatic carbocycles. The van der Waals surface area contributed by atoms with Crippen LogP contribution in [0.4, 0.5) is 4.79 Å². The van der Waals surface area contributed by atoms with Crippen LogP contribution in [-0.4, -0.2) is 58.5 Å². The first kappa shape index (κ1) is 18.8. The van der Waals surface area contributed by atoms with E-state index in [9.17, 15) is 9.59 Å². The van der Waals surface area contributed by atoms with Crippen molar-refractivity contribution in [2.24, 2.45) is 7.05 Å². The Kier molecular flexibility index (Phi) is 5.66. The summed E-state index contributed by atoms with van der Waals surface area (Å²) >= 11 is 0. The van der Waals surface area contributed by atoms with E-state index in [4.69, 9.17) is 0 Å². The fourth-order valence-corrected chi connectivity index (χ4v) is 2.49. The summed E-state index contributed by atoms with van der Waals surface area (Å²) in [5.74, 6) is 0.713. The molecule has 1 atom stereocenters. The number of amides is 3. The molecule has 0 bridgehead atoms. The Morgan fingerprint density at radius 3 is 2.56 bits per heavy atom. The number of rotatable bonds is 5. The van der Waals surface area contributed by atoms with Crippen molar-refractivity contribution in [1.82, 2.24) is 24.7 Å². The van der Waals surface area contributed by atoms with Gasteiger partial charge in [0.2, 0.25) is 0 Å². The fourth-order valence-electron chi connectivity index (χ4n) is 2.49. The summed E-state index contributed by atoms with van der Waals surface area (Å²) in [5, 5.41) is 2.94. The lowest BCUT2D eigenvalue weighted by molar-refractivity contribution is 0.0827. The van der Waals surface area contributed by atoms with Crippen LogP contribution >= 0.6 is 0 Å². The third-order valence-corrected chi connectivity index (χ3v) is 4.33. The summed E-state index contributed by atoms with van der Waals surface area (Å²) in [7, 11) is 7.11. The molecule has 25 heavy (non-hydrogen) atoms. The number of nitrogens with zero attached hydrogens (tertiary/aromatic N) is 4. The maximum absolute atomic E-state index is 12.2. The zero-order valence-electron chi connectivity index (χ0n) is 15.8. The van der Waals surface area contributed by atoms with Crippen molar-refractivity contribution in [2.45, 2.75) is 32.9 Å². The highest BCUT2D eigenvalue weighted by molar-refractivity contribution is 5.97. The average molecular weight is 345 g/mol. The molecule has 0 radical (unpaired) electrons. The molecule has 1 heterocycles. The molecule has 2 aromatic rings. The number of imidazole rings is 1. The van der Waals surface area contributed by atoms with Crippen LogP contribution in [0.5, 0.6) is 0 Å². The predicted octanol–water partition coefficient (Wildman–Crippen LogP) is 2.21. The second-order valence-electron chi connectivity index (χ2n) is 6.60. The van der Waals surface area contributed by atoms with Crippen LogP contribution < -0.4 is 5.32 Å². The Bertz CT molecular complexity index is 781. The molecule has 0 spiro atoms. The summed E-state index contributed by atoms with van der Waals surface area (Å²) in [6.07, 6.45) is 0.883. The first-order valence-corrected chi connectivity index (χ1v) is 8.43. The van der Waals surface area contributed by atoms with Crippen LogP contribution in [-0.2, 0) is 13.6 Å². The lowest BCUT2D eigenvalue weighted by atomic mass is 10.2. The molecule has 0 saturated carbocycles. The van der Waals surface area contributed by atoms with Gasteiger partial charge in [-0.3, -0.25) is 4.79 Å². The molecule has 1 N–H and O–H groups in total. The van der Waals surface area contributed by atoms with Crippen molar-refractivity contribution in [3.63, 3.8) is 0 Å². The topological polar surface area (TPSA) is 70.5 Å². The first-order chi connectivity index (χ1) is 11.7. The van der Waals surface area contributed by atoms with Gasteiger partial charge in [0.15, 0.2) is 0 Å². The zero-order chi connectivity index (χ0) is 18.7. The van der Waals surface area contributed by atoms with Gasteiger partial charge in [-0.2, -0.15) is 0 Å². The number of carbonyl (C=O) groups is 2. The van der Waals surface area contributed by atoms with Crippen molar-refractivity contribution in [3.05, 3.63) is 29.6 Å². The van der Waals surface area contributed by atoms with Crippen LogP contribution in [0.2, 0.25) is 0 Å². The van der Waals surface area contributed by atoms with Gasteiger partial charge >= 0.3 is 6.03 Å². The number of aromatic nitrogens is 2. The number of nitrogens with one attached hydrogen (secondary N) is 1. The molecule has 0 saturated heterocycles. The van der Waals surface area contributed by atoms with Gasteiger partial charge in [-0.15, -0.1) is 0 Å². The van der Waals surface area contributed by atoms with Crippen molar-refractivity contribution >= 4 is 23.0 Å². The van der Waals surface area contributed by atoms with Crippen molar-refractivity contribution in [1.29, 1.82) is 0 Å². The molecular weight excluding hydrogens is 318 g/mol. The predicted molar refractivity (Wildman–Crippen MR) is 98.5 cm³/mol. The Morgan fingerprint density at radius 2 is 1.96 bits per heavy atom. The number of carbonyl (C=O) groups excluding carboxylic acids is 2. The molecule has 136 valence electrons. The van der Waals surface area contributed by atoms with E-state index in [0.717, 1.165) is 23.3 Å². The third-order valence-electron chi connectivity index (χ3n) is 4.33. The van der Waals surface area contributed by atoms with E-state index >= 15 is 0 Å². The van der Waals surface area contributed by atoms with E-state index < -0.39 is 0 Å². The van der Waals surface area contributed by atoms with Crippen LogP contribution in [0.1, 0.15) is 36.5 Å². The van der Waals surface area contributed by atoms with Crippen LogP contribution in [0.15, 0.2) is 18.2 Å². The maximum Gasteiger partial charge on any atom is 0.317 e. The molecular formula is C18H27N5O2. The highest BCUT2D eigenvalue weighted by Gasteiger charge is 2.16. The Balaban J connectivity index is 2.23. The van der Waals surface area contributed by atoms with Crippen molar-refractivity contribution in [3.8, 4) is 0 Å². The van der Waals surface area contributed by atoms with Gasteiger partial charge in [0.25, 0.3) is 5.91 Å². The molecule has 3 amide bonds. The van der Waals surface area contributed by atoms with E-state index in [2.05, 4.69) is 10.3 Å². The van der Waals surface area contributed by atoms with Gasteiger partial charge in [-0.1, -0.05) is 6.92 Å². The van der Waals surface area contributed by atoms with E-state index in [0.29, 0.717) is 12.1 Å². The lowest BCUT2D eigenvalue weighted by Gasteiger charge is -2.20. The molecule has 2 rings (SSSR count). The van der Waals surface area contributed by atoms with Gasteiger partial charge in [0.05, 0.1) is 17.6 Å². The van der Waals surface area contributed by atoms with Gasteiger partial charge in [-0.25, -0.2) is 9.78 Å². The Labute approximate surface area is 148 Å². The minimum Gasteiger partial charge on any atom is -0.345 e. The number of fused-ring (bicyclic) bond motifs is 1. The minimum absolute atomic E-state index is 0.0563. The van der Waals surface area contributed by atoms with E-state index in [1.807, 2.05) is 31.5 Å². The fraction of sp³-hybridized carbons (Fsp3) is 0.500. The molecule has 7 nitrogen and oxygen atoms in total. The molecule has 1 aromatic heterocycles. The molecule has 0 aliphatic rings. The zero-order valence-corrected chi connectivity index (χ0v) is 15.8. The van der Waals surface area contributed by atoms with Gasteiger partial charge in [0.1, 0.15) is 5.82 Å². The highest BCUT2D eigenvalue weighted by atomic mass is 16.2. The summed E-state index contributed by atoms with van der Waals surface area (Å²) in [6, 6.07) is 5.50. The van der Waals surface area contributed by atoms with Crippen LogP contribution in [0, 0.1) is 0 Å². The summed E-state index contributed by atoms with van der Waals surface area (Å²) in [6.45, 7) is 4.40. The van der Waals surface area contributed by atoms with E-state index in [1.54, 1.807) is 38.2 Å². The number of benzene rings is 1. The lowest BCUT2D eigenvalue weighted by Crippen LogP contribution is -2.41. The molecule has 7 heteroatoms. The summed E-state index contributed by atoms with van der Waals surface area (Å²) < 4.78 is 1.95. The van der Waals surface area contributed by atoms with Crippen LogP contribution in [0.3, 0.4) is 0 Å². The third kappa shape index (κ3) is 4.10.